The molecular formula is C16H27BrN2. The van der Waals surface area contributed by atoms with Crippen molar-refractivity contribution < 1.29 is 0 Å². The predicted molar refractivity (Wildman–Crippen MR) is 87.1 cm³/mol. The molecule has 0 aliphatic heterocycles. The maximum atomic E-state index is 5.85. The Balaban J connectivity index is 2.34. The maximum Gasteiger partial charge on any atom is 0.0230 e. The van der Waals surface area contributed by atoms with Crippen LogP contribution in [0.1, 0.15) is 32.3 Å². The fourth-order valence-electron chi connectivity index (χ4n) is 2.38. The highest BCUT2D eigenvalue weighted by Crippen LogP contribution is 2.16. The van der Waals surface area contributed by atoms with Gasteiger partial charge in [0.25, 0.3) is 0 Å². The van der Waals surface area contributed by atoms with Crippen molar-refractivity contribution in [1.82, 2.24) is 4.90 Å². The van der Waals surface area contributed by atoms with E-state index in [-0.39, 0.29) is 0 Å². The minimum atomic E-state index is 0.660. The monoisotopic (exact) mass is 326 g/mol. The van der Waals surface area contributed by atoms with E-state index < -0.39 is 0 Å². The molecule has 0 amide bonds. The van der Waals surface area contributed by atoms with Gasteiger partial charge in [0.15, 0.2) is 0 Å². The summed E-state index contributed by atoms with van der Waals surface area (Å²) in [4.78, 5) is 2.38. The standard InChI is InChI=1S/C16H27BrN2/c1-13(2)10-15(11-18)8-9-19(3)12-14-4-6-16(17)7-5-14/h4-7,13,15H,8-12,18H2,1-3H3. The Bertz CT molecular complexity index is 348. The first-order valence-electron chi connectivity index (χ1n) is 7.14. The number of hydrogen-bond acceptors (Lipinski definition) is 2. The van der Waals surface area contributed by atoms with Gasteiger partial charge >= 0.3 is 0 Å². The molecular weight excluding hydrogens is 300 g/mol. The van der Waals surface area contributed by atoms with Crippen LogP contribution in [0.2, 0.25) is 0 Å². The van der Waals surface area contributed by atoms with E-state index in [0.717, 1.165) is 30.0 Å². The third-order valence-electron chi connectivity index (χ3n) is 3.42. The first-order valence-corrected chi connectivity index (χ1v) is 7.93. The zero-order valence-electron chi connectivity index (χ0n) is 12.4. The van der Waals surface area contributed by atoms with Gasteiger partial charge in [-0.2, -0.15) is 0 Å². The van der Waals surface area contributed by atoms with Crippen LogP contribution in [0.25, 0.3) is 0 Å². The van der Waals surface area contributed by atoms with Crippen molar-refractivity contribution in [1.29, 1.82) is 0 Å². The van der Waals surface area contributed by atoms with Gasteiger partial charge in [0, 0.05) is 11.0 Å². The summed E-state index contributed by atoms with van der Waals surface area (Å²) in [5.41, 5.74) is 7.21. The Morgan fingerprint density at radius 2 is 1.84 bits per heavy atom. The first-order chi connectivity index (χ1) is 9.01. The SMILES string of the molecule is CC(C)CC(CN)CCN(C)Cc1ccc(Br)cc1. The lowest BCUT2D eigenvalue weighted by Gasteiger charge is -2.22. The van der Waals surface area contributed by atoms with Gasteiger partial charge in [-0.3, -0.25) is 0 Å². The summed E-state index contributed by atoms with van der Waals surface area (Å²) in [6.07, 6.45) is 2.43. The van der Waals surface area contributed by atoms with Crippen LogP contribution in [-0.2, 0) is 6.54 Å². The van der Waals surface area contributed by atoms with Crippen molar-refractivity contribution in [2.45, 2.75) is 33.2 Å². The van der Waals surface area contributed by atoms with E-state index in [1.165, 1.54) is 18.4 Å². The Kier molecular flexibility index (Phi) is 7.66. The molecule has 1 atom stereocenters. The summed E-state index contributed by atoms with van der Waals surface area (Å²) < 4.78 is 1.14. The zero-order valence-corrected chi connectivity index (χ0v) is 14.0. The Morgan fingerprint density at radius 3 is 2.37 bits per heavy atom. The molecule has 0 saturated heterocycles. The van der Waals surface area contributed by atoms with Crippen molar-refractivity contribution in [3.05, 3.63) is 34.3 Å². The average molecular weight is 327 g/mol. The minimum Gasteiger partial charge on any atom is -0.330 e. The van der Waals surface area contributed by atoms with Crippen molar-refractivity contribution in [2.75, 3.05) is 20.1 Å². The topological polar surface area (TPSA) is 29.3 Å². The smallest absolute Gasteiger partial charge is 0.0230 e. The van der Waals surface area contributed by atoms with Crippen molar-refractivity contribution in [3.63, 3.8) is 0 Å². The van der Waals surface area contributed by atoms with E-state index in [1.54, 1.807) is 0 Å². The van der Waals surface area contributed by atoms with Gasteiger partial charge in [-0.25, -0.2) is 0 Å². The van der Waals surface area contributed by atoms with Crippen molar-refractivity contribution in [2.24, 2.45) is 17.6 Å². The molecule has 3 heteroatoms. The summed E-state index contributed by atoms with van der Waals surface area (Å²) in [6.45, 7) is 7.48. The molecule has 0 heterocycles. The molecule has 1 unspecified atom stereocenters. The Labute approximate surface area is 126 Å². The highest BCUT2D eigenvalue weighted by molar-refractivity contribution is 9.10. The van der Waals surface area contributed by atoms with Gasteiger partial charge in [-0.1, -0.05) is 41.9 Å². The summed E-state index contributed by atoms with van der Waals surface area (Å²) in [5, 5.41) is 0. The van der Waals surface area contributed by atoms with Gasteiger partial charge in [-0.05, 0) is 62.5 Å². The predicted octanol–water partition coefficient (Wildman–Crippen LogP) is 3.89. The Morgan fingerprint density at radius 1 is 1.21 bits per heavy atom. The number of nitrogens with two attached hydrogens (primary N) is 1. The van der Waals surface area contributed by atoms with E-state index in [9.17, 15) is 0 Å². The molecule has 0 aliphatic rings. The molecule has 0 aromatic heterocycles. The lowest BCUT2D eigenvalue weighted by Crippen LogP contribution is -2.25. The molecule has 0 bridgehead atoms. The van der Waals surface area contributed by atoms with Crippen LogP contribution in [0.5, 0.6) is 0 Å². The van der Waals surface area contributed by atoms with Crippen molar-refractivity contribution in [3.8, 4) is 0 Å². The normalized spacial score (nSPS) is 13.2. The number of hydrogen-bond donors (Lipinski definition) is 1. The van der Waals surface area contributed by atoms with Gasteiger partial charge in [-0.15, -0.1) is 0 Å². The third-order valence-corrected chi connectivity index (χ3v) is 3.95. The van der Waals surface area contributed by atoms with E-state index in [1.807, 2.05) is 0 Å². The van der Waals surface area contributed by atoms with E-state index in [4.69, 9.17) is 5.73 Å². The molecule has 0 aliphatic carbocycles. The van der Waals surface area contributed by atoms with Crippen LogP contribution in [0, 0.1) is 11.8 Å². The van der Waals surface area contributed by atoms with Gasteiger partial charge in [0.1, 0.15) is 0 Å². The van der Waals surface area contributed by atoms with E-state index >= 15 is 0 Å². The number of nitrogens with zero attached hydrogens (tertiary/aromatic N) is 1. The molecule has 1 aromatic carbocycles. The van der Waals surface area contributed by atoms with Crippen LogP contribution in [0.3, 0.4) is 0 Å². The Hall–Kier alpha value is -0.380. The molecule has 2 nitrogen and oxygen atoms in total. The van der Waals surface area contributed by atoms with E-state index in [0.29, 0.717) is 5.92 Å². The molecule has 0 fully saturated rings. The fraction of sp³-hybridized carbons (Fsp3) is 0.625. The zero-order chi connectivity index (χ0) is 14.3. The molecule has 19 heavy (non-hydrogen) atoms. The number of benzene rings is 1. The van der Waals surface area contributed by atoms with Gasteiger partial charge in [0.05, 0.1) is 0 Å². The molecule has 0 radical (unpaired) electrons. The number of rotatable bonds is 8. The van der Waals surface area contributed by atoms with Crippen LogP contribution >= 0.6 is 15.9 Å². The van der Waals surface area contributed by atoms with E-state index in [2.05, 4.69) is 66.0 Å². The van der Waals surface area contributed by atoms with Crippen LogP contribution in [-0.4, -0.2) is 25.0 Å². The molecule has 1 rings (SSSR count). The molecule has 1 aromatic rings. The highest BCUT2D eigenvalue weighted by Gasteiger charge is 2.10. The maximum absolute atomic E-state index is 5.85. The second kappa shape index (κ2) is 8.72. The van der Waals surface area contributed by atoms with Crippen LogP contribution in [0.15, 0.2) is 28.7 Å². The summed E-state index contributed by atoms with van der Waals surface area (Å²) >= 11 is 3.47. The second-order valence-electron chi connectivity index (χ2n) is 5.88. The molecule has 0 saturated carbocycles. The molecule has 0 spiro atoms. The van der Waals surface area contributed by atoms with Crippen LogP contribution in [0.4, 0.5) is 0 Å². The third kappa shape index (κ3) is 7.09. The fourth-order valence-corrected chi connectivity index (χ4v) is 2.65. The quantitative estimate of drug-likeness (QED) is 0.785. The van der Waals surface area contributed by atoms with Gasteiger partial charge < -0.3 is 10.6 Å². The lowest BCUT2D eigenvalue weighted by atomic mass is 9.94. The highest BCUT2D eigenvalue weighted by atomic mass is 79.9. The summed E-state index contributed by atoms with van der Waals surface area (Å²) in [7, 11) is 2.19. The first kappa shape index (κ1) is 16.7. The lowest BCUT2D eigenvalue weighted by molar-refractivity contribution is 0.279. The largest absolute Gasteiger partial charge is 0.330 e. The van der Waals surface area contributed by atoms with Crippen molar-refractivity contribution >= 4 is 15.9 Å². The molecule has 108 valence electrons. The van der Waals surface area contributed by atoms with Gasteiger partial charge in [0.2, 0.25) is 0 Å². The summed E-state index contributed by atoms with van der Waals surface area (Å²) in [5.74, 6) is 1.40. The molecule has 2 N–H and O–H groups in total. The number of halogens is 1. The van der Waals surface area contributed by atoms with Crippen LogP contribution < -0.4 is 5.73 Å². The average Bonchev–Trinajstić information content (AvgIpc) is 2.37. The minimum absolute atomic E-state index is 0.660. The second-order valence-corrected chi connectivity index (χ2v) is 6.80. The summed E-state index contributed by atoms with van der Waals surface area (Å²) in [6, 6.07) is 8.56.